The predicted molar refractivity (Wildman–Crippen MR) is 79.8 cm³/mol. The van der Waals surface area contributed by atoms with E-state index in [1.807, 2.05) is 18.2 Å². The van der Waals surface area contributed by atoms with Gasteiger partial charge in [0, 0.05) is 11.1 Å². The van der Waals surface area contributed by atoms with E-state index in [-0.39, 0.29) is 11.4 Å². The molecule has 0 radical (unpaired) electrons. The van der Waals surface area contributed by atoms with Crippen LogP contribution in [0.1, 0.15) is 11.4 Å². The number of halogens is 4. The van der Waals surface area contributed by atoms with Gasteiger partial charge in [-0.15, -0.1) is 11.6 Å². The van der Waals surface area contributed by atoms with Crippen molar-refractivity contribution >= 4 is 34.2 Å². The average Bonchev–Trinajstić information content (AvgIpc) is 2.80. The summed E-state index contributed by atoms with van der Waals surface area (Å²) < 4.78 is 29.0. The Labute approximate surface area is 129 Å². The zero-order valence-electron chi connectivity index (χ0n) is 10.8. The predicted octanol–water partition coefficient (Wildman–Crippen LogP) is 4.76. The first kappa shape index (κ1) is 14.3. The first-order valence-electron chi connectivity index (χ1n) is 6.23. The van der Waals surface area contributed by atoms with E-state index in [1.165, 1.54) is 6.07 Å². The number of fused-ring (bicyclic) bond motifs is 1. The second-order valence-electron chi connectivity index (χ2n) is 4.59. The molecule has 0 saturated carbocycles. The zero-order chi connectivity index (χ0) is 15.0. The summed E-state index contributed by atoms with van der Waals surface area (Å²) in [5, 5.41) is 0.580. The molecule has 3 aromatic rings. The maximum atomic E-state index is 13.8. The maximum Gasteiger partial charge on any atom is 0.153 e. The van der Waals surface area contributed by atoms with Gasteiger partial charge in [-0.25, -0.2) is 13.8 Å². The van der Waals surface area contributed by atoms with E-state index < -0.39 is 11.6 Å². The maximum absolute atomic E-state index is 13.8. The van der Waals surface area contributed by atoms with E-state index in [4.69, 9.17) is 23.2 Å². The van der Waals surface area contributed by atoms with Crippen LogP contribution in [-0.4, -0.2) is 9.55 Å². The van der Waals surface area contributed by atoms with Gasteiger partial charge in [0.15, 0.2) is 5.82 Å². The Balaban J connectivity index is 2.19. The monoisotopic (exact) mass is 326 g/mol. The van der Waals surface area contributed by atoms with Crippen molar-refractivity contribution in [3.63, 3.8) is 0 Å². The molecule has 0 aliphatic carbocycles. The van der Waals surface area contributed by atoms with Gasteiger partial charge in [0.25, 0.3) is 0 Å². The van der Waals surface area contributed by atoms with Gasteiger partial charge < -0.3 is 4.57 Å². The van der Waals surface area contributed by atoms with Crippen LogP contribution in [0.2, 0.25) is 5.02 Å². The summed E-state index contributed by atoms with van der Waals surface area (Å²) >= 11 is 12.0. The lowest BCUT2D eigenvalue weighted by molar-refractivity contribution is 0.590. The molecule has 0 fully saturated rings. The topological polar surface area (TPSA) is 17.8 Å². The molecule has 2 aromatic carbocycles. The summed E-state index contributed by atoms with van der Waals surface area (Å²) in [5.41, 5.74) is 1.30. The van der Waals surface area contributed by atoms with Gasteiger partial charge in [-0.1, -0.05) is 29.8 Å². The van der Waals surface area contributed by atoms with E-state index >= 15 is 0 Å². The normalized spacial score (nSPS) is 11.2. The molecule has 6 heteroatoms. The standard InChI is InChI=1S/C15H10Cl2F2N2/c16-7-14-20-15-12(19)5-10(18)6-13(15)21(14)8-9-3-1-2-4-11(9)17/h1-6H,7-8H2. The highest BCUT2D eigenvalue weighted by Gasteiger charge is 2.16. The molecule has 0 amide bonds. The van der Waals surface area contributed by atoms with Gasteiger partial charge in [-0.05, 0) is 17.7 Å². The van der Waals surface area contributed by atoms with Crippen LogP contribution in [0.25, 0.3) is 11.0 Å². The third kappa shape index (κ3) is 2.61. The Morgan fingerprint density at radius 3 is 2.62 bits per heavy atom. The van der Waals surface area contributed by atoms with Crippen LogP contribution in [0.5, 0.6) is 0 Å². The van der Waals surface area contributed by atoms with Crippen molar-refractivity contribution in [3.05, 3.63) is 64.4 Å². The first-order valence-corrected chi connectivity index (χ1v) is 7.15. The van der Waals surface area contributed by atoms with Gasteiger partial charge in [-0.3, -0.25) is 0 Å². The Morgan fingerprint density at radius 2 is 1.90 bits per heavy atom. The highest BCUT2D eigenvalue weighted by Crippen LogP contribution is 2.25. The smallest absolute Gasteiger partial charge is 0.153 e. The lowest BCUT2D eigenvalue weighted by Crippen LogP contribution is -2.04. The summed E-state index contributed by atoms with van der Waals surface area (Å²) in [6, 6.07) is 9.34. The molecule has 0 unspecified atom stereocenters. The van der Waals surface area contributed by atoms with Gasteiger partial charge in [-0.2, -0.15) is 0 Å². The van der Waals surface area contributed by atoms with Crippen molar-refractivity contribution in [2.75, 3.05) is 0 Å². The second-order valence-corrected chi connectivity index (χ2v) is 5.27. The fraction of sp³-hybridized carbons (Fsp3) is 0.133. The molecule has 2 nitrogen and oxygen atoms in total. The summed E-state index contributed by atoms with van der Waals surface area (Å²) in [6.45, 7) is 0.348. The molecule has 0 N–H and O–H groups in total. The van der Waals surface area contributed by atoms with Crippen LogP contribution in [0.4, 0.5) is 8.78 Å². The number of hydrogen-bond donors (Lipinski definition) is 0. The number of hydrogen-bond acceptors (Lipinski definition) is 1. The van der Waals surface area contributed by atoms with E-state index in [2.05, 4.69) is 4.98 Å². The Bertz CT molecular complexity index is 815. The third-order valence-corrected chi connectivity index (χ3v) is 3.86. The SMILES string of the molecule is Fc1cc(F)c2nc(CCl)n(Cc3ccccc3Cl)c2c1. The van der Waals surface area contributed by atoms with Crippen LogP contribution in [0.3, 0.4) is 0 Å². The van der Waals surface area contributed by atoms with Crippen molar-refractivity contribution in [1.82, 2.24) is 9.55 Å². The van der Waals surface area contributed by atoms with Crippen LogP contribution < -0.4 is 0 Å². The van der Waals surface area contributed by atoms with Gasteiger partial charge in [0.05, 0.1) is 17.9 Å². The largest absolute Gasteiger partial charge is 0.322 e. The molecule has 1 heterocycles. The van der Waals surface area contributed by atoms with Gasteiger partial charge in [0.2, 0.25) is 0 Å². The Kier molecular flexibility index (Phi) is 3.83. The van der Waals surface area contributed by atoms with Crippen LogP contribution in [0.15, 0.2) is 36.4 Å². The molecular weight excluding hydrogens is 317 g/mol. The molecule has 0 bridgehead atoms. The molecule has 0 spiro atoms. The summed E-state index contributed by atoms with van der Waals surface area (Å²) in [4.78, 5) is 4.14. The highest BCUT2D eigenvalue weighted by molar-refractivity contribution is 6.31. The van der Waals surface area contributed by atoms with E-state index in [0.717, 1.165) is 11.6 Å². The molecule has 0 saturated heterocycles. The summed E-state index contributed by atoms with van der Waals surface area (Å²) in [6.07, 6.45) is 0. The highest BCUT2D eigenvalue weighted by atomic mass is 35.5. The lowest BCUT2D eigenvalue weighted by Gasteiger charge is -2.09. The molecule has 0 aliphatic heterocycles. The number of alkyl halides is 1. The van der Waals surface area contributed by atoms with Crippen molar-refractivity contribution < 1.29 is 8.78 Å². The van der Waals surface area contributed by atoms with Crippen LogP contribution in [-0.2, 0) is 12.4 Å². The molecule has 108 valence electrons. The Morgan fingerprint density at radius 1 is 1.14 bits per heavy atom. The van der Waals surface area contributed by atoms with E-state index in [1.54, 1.807) is 10.6 Å². The van der Waals surface area contributed by atoms with Crippen molar-refractivity contribution in [2.45, 2.75) is 12.4 Å². The summed E-state index contributed by atoms with van der Waals surface area (Å²) in [5.74, 6) is -0.785. The Hall–Kier alpha value is -1.65. The van der Waals surface area contributed by atoms with Crippen LogP contribution in [0, 0.1) is 11.6 Å². The molecular formula is C15H10Cl2F2N2. The quantitative estimate of drug-likeness (QED) is 0.635. The lowest BCUT2D eigenvalue weighted by atomic mass is 10.2. The zero-order valence-corrected chi connectivity index (χ0v) is 12.3. The van der Waals surface area contributed by atoms with Crippen molar-refractivity contribution in [1.29, 1.82) is 0 Å². The second kappa shape index (κ2) is 5.62. The minimum absolute atomic E-state index is 0.0974. The molecule has 1 aromatic heterocycles. The van der Waals surface area contributed by atoms with E-state index in [9.17, 15) is 8.78 Å². The van der Waals surface area contributed by atoms with E-state index in [0.29, 0.717) is 22.9 Å². The molecule has 3 rings (SSSR count). The first-order chi connectivity index (χ1) is 10.1. The summed E-state index contributed by atoms with van der Waals surface area (Å²) in [7, 11) is 0. The molecule has 0 atom stereocenters. The number of rotatable bonds is 3. The fourth-order valence-electron chi connectivity index (χ4n) is 2.27. The van der Waals surface area contributed by atoms with Crippen molar-refractivity contribution in [3.8, 4) is 0 Å². The number of benzene rings is 2. The van der Waals surface area contributed by atoms with Gasteiger partial charge >= 0.3 is 0 Å². The molecule has 0 aliphatic rings. The minimum Gasteiger partial charge on any atom is -0.322 e. The number of imidazole rings is 1. The van der Waals surface area contributed by atoms with Gasteiger partial charge in [0.1, 0.15) is 17.2 Å². The molecule has 21 heavy (non-hydrogen) atoms. The third-order valence-electron chi connectivity index (χ3n) is 3.26. The fourth-order valence-corrected chi connectivity index (χ4v) is 2.67. The number of aromatic nitrogens is 2. The van der Waals surface area contributed by atoms with Crippen LogP contribution >= 0.6 is 23.2 Å². The number of nitrogens with zero attached hydrogens (tertiary/aromatic N) is 2. The minimum atomic E-state index is -0.700. The average molecular weight is 327 g/mol. The van der Waals surface area contributed by atoms with Crippen molar-refractivity contribution in [2.24, 2.45) is 0 Å².